The molecule has 0 saturated heterocycles. The van der Waals surface area contributed by atoms with Crippen molar-refractivity contribution in [3.05, 3.63) is 52.8 Å². The number of Topliss-reactive ketones (excluding diaryl/α,β-unsaturated/α-hetero) is 1. The summed E-state index contributed by atoms with van der Waals surface area (Å²) in [4.78, 5) is 25.7. The SMILES string of the molecule is COC[C@@H](C)n1c(C)cc(C(=O)COC(=O)c2ccc(SC)cc2)c1C. The first-order valence-corrected chi connectivity index (χ1v) is 9.63. The van der Waals surface area contributed by atoms with Gasteiger partial charge in [-0.2, -0.15) is 0 Å². The fraction of sp³-hybridized carbons (Fsp3) is 0.400. The van der Waals surface area contributed by atoms with Crippen LogP contribution >= 0.6 is 11.8 Å². The number of thioether (sulfide) groups is 1. The molecule has 0 aliphatic rings. The molecule has 0 saturated carbocycles. The van der Waals surface area contributed by atoms with Gasteiger partial charge in [-0.1, -0.05) is 0 Å². The lowest BCUT2D eigenvalue weighted by molar-refractivity contribution is 0.0474. The lowest BCUT2D eigenvalue weighted by Crippen LogP contribution is -2.17. The molecule has 0 bridgehead atoms. The average Bonchev–Trinajstić information content (AvgIpc) is 2.94. The number of esters is 1. The van der Waals surface area contributed by atoms with Gasteiger partial charge in [-0.05, 0) is 57.4 Å². The zero-order valence-corrected chi connectivity index (χ0v) is 16.7. The van der Waals surface area contributed by atoms with Gasteiger partial charge in [-0.25, -0.2) is 4.79 Å². The first-order chi connectivity index (χ1) is 12.4. The van der Waals surface area contributed by atoms with Gasteiger partial charge in [-0.15, -0.1) is 11.8 Å². The molecule has 0 spiro atoms. The smallest absolute Gasteiger partial charge is 0.338 e. The van der Waals surface area contributed by atoms with Crippen LogP contribution in [0.3, 0.4) is 0 Å². The van der Waals surface area contributed by atoms with Crippen LogP contribution in [-0.4, -0.2) is 42.9 Å². The number of rotatable bonds is 8. The van der Waals surface area contributed by atoms with Gasteiger partial charge in [0.15, 0.2) is 6.61 Å². The van der Waals surface area contributed by atoms with Gasteiger partial charge in [0.05, 0.1) is 18.2 Å². The number of nitrogens with zero attached hydrogens (tertiary/aromatic N) is 1. The molecule has 0 N–H and O–H groups in total. The van der Waals surface area contributed by atoms with Crippen LogP contribution in [0.1, 0.15) is 45.1 Å². The maximum absolute atomic E-state index is 12.5. The molecule has 1 atom stereocenters. The Morgan fingerprint density at radius 3 is 2.42 bits per heavy atom. The van der Waals surface area contributed by atoms with E-state index in [1.807, 2.05) is 45.2 Å². The van der Waals surface area contributed by atoms with Crippen molar-refractivity contribution >= 4 is 23.5 Å². The van der Waals surface area contributed by atoms with Crippen molar-refractivity contribution in [2.75, 3.05) is 26.6 Å². The Morgan fingerprint density at radius 2 is 1.85 bits per heavy atom. The second-order valence-electron chi connectivity index (χ2n) is 6.19. The fourth-order valence-electron chi connectivity index (χ4n) is 3.07. The molecule has 1 heterocycles. The maximum atomic E-state index is 12.5. The monoisotopic (exact) mass is 375 g/mol. The van der Waals surface area contributed by atoms with Gasteiger partial charge < -0.3 is 14.0 Å². The molecule has 0 aliphatic carbocycles. The molecule has 140 valence electrons. The Morgan fingerprint density at radius 1 is 1.19 bits per heavy atom. The second-order valence-corrected chi connectivity index (χ2v) is 7.07. The molecule has 6 heteroatoms. The first kappa shape index (κ1) is 20.3. The predicted molar refractivity (Wildman–Crippen MR) is 103 cm³/mol. The van der Waals surface area contributed by atoms with E-state index in [-0.39, 0.29) is 18.4 Å². The highest BCUT2D eigenvalue weighted by Crippen LogP contribution is 2.21. The Kier molecular flexibility index (Phi) is 7.06. The van der Waals surface area contributed by atoms with Crippen LogP contribution in [0.5, 0.6) is 0 Å². The molecule has 2 rings (SSSR count). The van der Waals surface area contributed by atoms with Gasteiger partial charge >= 0.3 is 5.97 Å². The van der Waals surface area contributed by atoms with E-state index in [4.69, 9.17) is 9.47 Å². The molecule has 26 heavy (non-hydrogen) atoms. The number of carbonyl (C=O) groups excluding carboxylic acids is 2. The summed E-state index contributed by atoms with van der Waals surface area (Å²) in [6.45, 7) is 6.18. The zero-order valence-electron chi connectivity index (χ0n) is 15.9. The molecule has 5 nitrogen and oxygen atoms in total. The van der Waals surface area contributed by atoms with Crippen LogP contribution in [0.4, 0.5) is 0 Å². The lowest BCUT2D eigenvalue weighted by Gasteiger charge is -2.17. The van der Waals surface area contributed by atoms with E-state index in [2.05, 4.69) is 4.57 Å². The molecule has 1 aromatic heterocycles. The molecule has 1 aromatic carbocycles. The summed E-state index contributed by atoms with van der Waals surface area (Å²) >= 11 is 1.60. The Balaban J connectivity index is 2.05. The van der Waals surface area contributed by atoms with E-state index in [0.717, 1.165) is 16.3 Å². The molecule has 0 radical (unpaired) electrons. The van der Waals surface area contributed by atoms with Crippen LogP contribution in [-0.2, 0) is 9.47 Å². The Bertz CT molecular complexity index is 780. The number of hydrogen-bond donors (Lipinski definition) is 0. The van der Waals surface area contributed by atoms with Gasteiger partial charge in [-0.3, -0.25) is 4.79 Å². The van der Waals surface area contributed by atoms with Crippen molar-refractivity contribution in [1.29, 1.82) is 0 Å². The van der Waals surface area contributed by atoms with Gasteiger partial charge in [0.1, 0.15) is 0 Å². The average molecular weight is 375 g/mol. The summed E-state index contributed by atoms with van der Waals surface area (Å²) in [6, 6.07) is 9.08. The standard InChI is InChI=1S/C20H25NO4S/c1-13-10-18(15(3)21(13)14(2)11-24-4)19(22)12-25-20(23)16-6-8-17(26-5)9-7-16/h6-10,14H,11-12H2,1-5H3/t14-/m1/s1. The third-order valence-electron chi connectivity index (χ3n) is 4.29. The Hall–Kier alpha value is -2.05. The van der Waals surface area contributed by atoms with Crippen LogP contribution < -0.4 is 0 Å². The first-order valence-electron chi connectivity index (χ1n) is 8.40. The molecule has 2 aromatic rings. The van der Waals surface area contributed by atoms with Crippen molar-refractivity contribution in [3.63, 3.8) is 0 Å². The highest BCUT2D eigenvalue weighted by atomic mass is 32.2. The number of carbonyl (C=O) groups is 2. The lowest BCUT2D eigenvalue weighted by atomic mass is 10.1. The van der Waals surface area contributed by atoms with Crippen molar-refractivity contribution in [2.45, 2.75) is 31.7 Å². The number of aromatic nitrogens is 1. The summed E-state index contributed by atoms with van der Waals surface area (Å²) in [5.74, 6) is -0.699. The summed E-state index contributed by atoms with van der Waals surface area (Å²) in [5, 5.41) is 0. The minimum atomic E-state index is -0.493. The van der Waals surface area contributed by atoms with Crippen LogP contribution in [0.2, 0.25) is 0 Å². The third kappa shape index (κ3) is 4.56. The number of ketones is 1. The van der Waals surface area contributed by atoms with E-state index in [9.17, 15) is 9.59 Å². The van der Waals surface area contributed by atoms with Crippen molar-refractivity contribution in [3.8, 4) is 0 Å². The largest absolute Gasteiger partial charge is 0.454 e. The summed E-state index contributed by atoms with van der Waals surface area (Å²) < 4.78 is 12.5. The molecule has 0 fully saturated rings. The summed E-state index contributed by atoms with van der Waals surface area (Å²) in [7, 11) is 1.65. The topological polar surface area (TPSA) is 57.5 Å². The molecule has 0 amide bonds. The molecular formula is C20H25NO4S. The number of methoxy groups -OCH3 is 1. The van der Waals surface area contributed by atoms with E-state index >= 15 is 0 Å². The van der Waals surface area contributed by atoms with E-state index < -0.39 is 5.97 Å². The third-order valence-corrected chi connectivity index (χ3v) is 5.04. The quantitative estimate of drug-likeness (QED) is 0.395. The van der Waals surface area contributed by atoms with E-state index in [0.29, 0.717) is 17.7 Å². The minimum absolute atomic E-state index is 0.124. The summed E-state index contributed by atoms with van der Waals surface area (Å²) in [5.41, 5.74) is 2.86. The van der Waals surface area contributed by atoms with Crippen molar-refractivity contribution in [2.24, 2.45) is 0 Å². The van der Waals surface area contributed by atoms with E-state index in [1.165, 1.54) is 0 Å². The zero-order chi connectivity index (χ0) is 19.3. The molecule has 0 unspecified atom stereocenters. The van der Waals surface area contributed by atoms with Crippen molar-refractivity contribution in [1.82, 2.24) is 4.57 Å². The Labute approximate surface area is 158 Å². The van der Waals surface area contributed by atoms with Gasteiger partial charge in [0.2, 0.25) is 5.78 Å². The number of benzene rings is 1. The van der Waals surface area contributed by atoms with Gasteiger partial charge in [0, 0.05) is 29.0 Å². The van der Waals surface area contributed by atoms with Crippen LogP contribution in [0, 0.1) is 13.8 Å². The number of hydrogen-bond acceptors (Lipinski definition) is 5. The van der Waals surface area contributed by atoms with Crippen LogP contribution in [0.25, 0.3) is 0 Å². The highest BCUT2D eigenvalue weighted by molar-refractivity contribution is 7.98. The van der Waals surface area contributed by atoms with Crippen molar-refractivity contribution < 1.29 is 19.1 Å². The minimum Gasteiger partial charge on any atom is -0.454 e. The number of aryl methyl sites for hydroxylation is 1. The normalized spacial score (nSPS) is 12.0. The fourth-order valence-corrected chi connectivity index (χ4v) is 3.48. The van der Waals surface area contributed by atoms with Gasteiger partial charge in [0.25, 0.3) is 0 Å². The molecule has 0 aliphatic heterocycles. The van der Waals surface area contributed by atoms with Crippen LogP contribution in [0.15, 0.2) is 35.2 Å². The van der Waals surface area contributed by atoms with E-state index in [1.54, 1.807) is 31.0 Å². The predicted octanol–water partition coefficient (Wildman–Crippen LogP) is 4.07. The number of ether oxygens (including phenoxy) is 2. The summed E-state index contributed by atoms with van der Waals surface area (Å²) in [6.07, 6.45) is 1.97. The second kappa shape index (κ2) is 9.05. The maximum Gasteiger partial charge on any atom is 0.338 e. The highest BCUT2D eigenvalue weighted by Gasteiger charge is 2.20. The molecular weight excluding hydrogens is 350 g/mol.